The summed E-state index contributed by atoms with van der Waals surface area (Å²) >= 11 is 0. The van der Waals surface area contributed by atoms with E-state index in [0.29, 0.717) is 31.7 Å². The third-order valence-electron chi connectivity index (χ3n) is 3.79. The Hall–Kier alpha value is -1.93. The summed E-state index contributed by atoms with van der Waals surface area (Å²) in [6.45, 7) is 6.85. The number of carbonyl (C=O) groups excluding carboxylic acids is 1. The number of aromatic nitrogens is 1. The summed E-state index contributed by atoms with van der Waals surface area (Å²) in [5, 5.41) is 18.3. The largest absolute Gasteiger partial charge is 0.444 e. The lowest BCUT2D eigenvalue weighted by Gasteiger charge is -2.36. The molecule has 1 saturated heterocycles. The zero-order valence-corrected chi connectivity index (χ0v) is 14.9. The number of hydrogen-bond acceptors (Lipinski definition) is 6. The van der Waals surface area contributed by atoms with Gasteiger partial charge in [0.05, 0.1) is 12.7 Å². The standard InChI is InChI=1S/C17H26FN3O4/c1-17(2,3)25-16(24)21-6-4-20(5-7-21)15-14(18)9-12(10-19-15)8-13(23)11-22/h9-10,13,22-23H,4-8,11H2,1-3H3. The Morgan fingerprint density at radius 3 is 2.52 bits per heavy atom. The number of hydrogen-bond donors (Lipinski definition) is 2. The minimum Gasteiger partial charge on any atom is -0.444 e. The molecule has 25 heavy (non-hydrogen) atoms. The lowest BCUT2D eigenvalue weighted by Crippen LogP contribution is -2.50. The molecule has 0 aliphatic carbocycles. The number of ether oxygens (including phenoxy) is 1. The first-order valence-electron chi connectivity index (χ1n) is 8.36. The van der Waals surface area contributed by atoms with Crippen LogP contribution in [0, 0.1) is 5.82 Å². The van der Waals surface area contributed by atoms with Crippen LogP contribution in [0.3, 0.4) is 0 Å². The second-order valence-electron chi connectivity index (χ2n) is 7.14. The molecule has 0 saturated carbocycles. The average molecular weight is 355 g/mol. The first-order chi connectivity index (χ1) is 11.7. The summed E-state index contributed by atoms with van der Waals surface area (Å²) in [5.74, 6) is -0.251. The molecule has 1 fully saturated rings. The topological polar surface area (TPSA) is 86.1 Å². The molecular formula is C17H26FN3O4. The smallest absolute Gasteiger partial charge is 0.410 e. The quantitative estimate of drug-likeness (QED) is 0.843. The number of halogens is 1. The van der Waals surface area contributed by atoms with E-state index < -0.39 is 17.5 Å². The highest BCUT2D eigenvalue weighted by Gasteiger charge is 2.27. The monoisotopic (exact) mass is 355 g/mol. The van der Waals surface area contributed by atoms with Gasteiger partial charge in [0.15, 0.2) is 11.6 Å². The third kappa shape index (κ3) is 5.54. The SMILES string of the molecule is CC(C)(C)OC(=O)N1CCN(c2ncc(CC(O)CO)cc2F)CC1. The van der Waals surface area contributed by atoms with E-state index in [1.54, 1.807) is 9.80 Å². The maximum absolute atomic E-state index is 14.3. The molecule has 140 valence electrons. The predicted molar refractivity (Wildman–Crippen MR) is 91.0 cm³/mol. The van der Waals surface area contributed by atoms with Gasteiger partial charge < -0.3 is 24.7 Å². The van der Waals surface area contributed by atoms with Crippen LogP contribution in [0.15, 0.2) is 12.3 Å². The van der Waals surface area contributed by atoms with Crippen molar-refractivity contribution in [3.63, 3.8) is 0 Å². The maximum atomic E-state index is 14.3. The van der Waals surface area contributed by atoms with E-state index in [9.17, 15) is 14.3 Å². The van der Waals surface area contributed by atoms with Crippen LogP contribution in [0.2, 0.25) is 0 Å². The Balaban J connectivity index is 1.95. The van der Waals surface area contributed by atoms with Crippen molar-refractivity contribution in [1.82, 2.24) is 9.88 Å². The van der Waals surface area contributed by atoms with Crippen LogP contribution in [-0.2, 0) is 11.2 Å². The molecule has 1 aliphatic heterocycles. The van der Waals surface area contributed by atoms with Crippen LogP contribution in [0.1, 0.15) is 26.3 Å². The van der Waals surface area contributed by atoms with E-state index in [-0.39, 0.29) is 24.9 Å². The van der Waals surface area contributed by atoms with Crippen LogP contribution in [0.25, 0.3) is 0 Å². The minimum absolute atomic E-state index is 0.146. The van der Waals surface area contributed by atoms with E-state index in [0.717, 1.165) is 0 Å². The third-order valence-corrected chi connectivity index (χ3v) is 3.79. The molecule has 7 nitrogen and oxygen atoms in total. The van der Waals surface area contributed by atoms with Crippen molar-refractivity contribution in [3.05, 3.63) is 23.6 Å². The Morgan fingerprint density at radius 1 is 1.36 bits per heavy atom. The van der Waals surface area contributed by atoms with Crippen LogP contribution >= 0.6 is 0 Å². The predicted octanol–water partition coefficient (Wildman–Crippen LogP) is 1.17. The van der Waals surface area contributed by atoms with Crippen LogP contribution in [0.4, 0.5) is 15.0 Å². The highest BCUT2D eigenvalue weighted by Crippen LogP contribution is 2.20. The Bertz CT molecular complexity index is 598. The van der Waals surface area contributed by atoms with Gasteiger partial charge in [-0.05, 0) is 32.4 Å². The molecule has 1 amide bonds. The van der Waals surface area contributed by atoms with E-state index in [2.05, 4.69) is 4.98 Å². The maximum Gasteiger partial charge on any atom is 0.410 e. The number of nitrogens with zero attached hydrogens (tertiary/aromatic N) is 3. The summed E-state index contributed by atoms with van der Waals surface area (Å²) in [7, 11) is 0. The minimum atomic E-state index is -0.926. The number of rotatable bonds is 4. The van der Waals surface area contributed by atoms with Gasteiger partial charge >= 0.3 is 6.09 Å². The lowest BCUT2D eigenvalue weighted by atomic mass is 10.1. The van der Waals surface area contributed by atoms with Gasteiger partial charge in [-0.1, -0.05) is 0 Å². The Morgan fingerprint density at radius 2 is 2.00 bits per heavy atom. The molecule has 2 rings (SSSR count). The van der Waals surface area contributed by atoms with Gasteiger partial charge in [0, 0.05) is 38.8 Å². The van der Waals surface area contributed by atoms with Gasteiger partial charge in [0.1, 0.15) is 5.60 Å². The number of anilines is 1. The molecule has 0 spiro atoms. The number of aliphatic hydroxyl groups excluding tert-OH is 2. The number of amides is 1. The second kappa shape index (κ2) is 7.97. The van der Waals surface area contributed by atoms with E-state index in [1.165, 1.54) is 12.3 Å². The average Bonchev–Trinajstić information content (AvgIpc) is 2.53. The van der Waals surface area contributed by atoms with Gasteiger partial charge in [-0.3, -0.25) is 0 Å². The van der Waals surface area contributed by atoms with Crippen molar-refractivity contribution in [2.45, 2.75) is 38.9 Å². The van der Waals surface area contributed by atoms with E-state index in [1.807, 2.05) is 20.8 Å². The molecule has 2 heterocycles. The van der Waals surface area contributed by atoms with Crippen molar-refractivity contribution < 1.29 is 24.1 Å². The zero-order chi connectivity index (χ0) is 18.6. The molecule has 0 bridgehead atoms. The van der Waals surface area contributed by atoms with Crippen LogP contribution < -0.4 is 4.90 Å². The van der Waals surface area contributed by atoms with Crippen molar-refractivity contribution in [1.29, 1.82) is 0 Å². The van der Waals surface area contributed by atoms with Gasteiger partial charge in [-0.15, -0.1) is 0 Å². The van der Waals surface area contributed by atoms with Crippen LogP contribution in [-0.4, -0.2) is 70.7 Å². The van der Waals surface area contributed by atoms with Gasteiger partial charge in [0.2, 0.25) is 0 Å². The van der Waals surface area contributed by atoms with Crippen molar-refractivity contribution >= 4 is 11.9 Å². The molecule has 1 unspecified atom stereocenters. The fraction of sp³-hybridized carbons (Fsp3) is 0.647. The molecule has 0 radical (unpaired) electrons. The van der Waals surface area contributed by atoms with Crippen molar-refractivity contribution in [2.24, 2.45) is 0 Å². The fourth-order valence-corrected chi connectivity index (χ4v) is 2.58. The molecule has 0 aromatic carbocycles. The molecule has 8 heteroatoms. The number of piperazine rings is 1. The highest BCUT2D eigenvalue weighted by molar-refractivity contribution is 5.68. The van der Waals surface area contributed by atoms with Gasteiger partial charge in [-0.25, -0.2) is 14.2 Å². The molecule has 1 aromatic heterocycles. The van der Waals surface area contributed by atoms with Crippen molar-refractivity contribution in [3.8, 4) is 0 Å². The Labute approximate surface area is 147 Å². The summed E-state index contributed by atoms with van der Waals surface area (Å²) < 4.78 is 19.7. The van der Waals surface area contributed by atoms with E-state index in [4.69, 9.17) is 9.84 Å². The summed E-state index contributed by atoms with van der Waals surface area (Å²) in [6.07, 6.45) is 0.350. The number of pyridine rings is 1. The second-order valence-corrected chi connectivity index (χ2v) is 7.14. The zero-order valence-electron chi connectivity index (χ0n) is 14.9. The lowest BCUT2D eigenvalue weighted by molar-refractivity contribution is 0.0240. The van der Waals surface area contributed by atoms with E-state index >= 15 is 0 Å². The first kappa shape index (κ1) is 19.4. The summed E-state index contributed by atoms with van der Waals surface area (Å²) in [5.41, 5.74) is -0.0215. The Kier molecular flexibility index (Phi) is 6.18. The molecule has 1 atom stereocenters. The van der Waals surface area contributed by atoms with Gasteiger partial charge in [-0.2, -0.15) is 0 Å². The summed E-state index contributed by atoms with van der Waals surface area (Å²) in [4.78, 5) is 19.6. The molecule has 1 aromatic rings. The van der Waals surface area contributed by atoms with Gasteiger partial charge in [0.25, 0.3) is 0 Å². The first-order valence-corrected chi connectivity index (χ1v) is 8.36. The number of carbonyl (C=O) groups is 1. The molecule has 2 N–H and O–H groups in total. The fourth-order valence-electron chi connectivity index (χ4n) is 2.58. The normalized spacial score (nSPS) is 16.7. The molecular weight excluding hydrogens is 329 g/mol. The summed E-state index contributed by atoms with van der Waals surface area (Å²) in [6, 6.07) is 1.32. The number of aliphatic hydroxyl groups is 2. The highest BCUT2D eigenvalue weighted by atomic mass is 19.1. The van der Waals surface area contributed by atoms with Crippen LogP contribution in [0.5, 0.6) is 0 Å². The molecule has 1 aliphatic rings. The van der Waals surface area contributed by atoms with Crippen molar-refractivity contribution in [2.75, 3.05) is 37.7 Å².